The molecule has 0 aliphatic carbocycles. The molecule has 0 unspecified atom stereocenters. The third-order valence-electron chi connectivity index (χ3n) is 1.49. The predicted molar refractivity (Wildman–Crippen MR) is 50.7 cm³/mol. The van der Waals surface area contributed by atoms with Crippen molar-refractivity contribution in [3.8, 4) is 0 Å². The summed E-state index contributed by atoms with van der Waals surface area (Å²) in [6.45, 7) is 1.89. The average molecular weight is 187 g/mol. The fraction of sp³-hybridized carbons (Fsp3) is 0.111. The molecule has 0 radical (unpaired) electrons. The fourth-order valence-electron chi connectivity index (χ4n) is 0.797. The quantitative estimate of drug-likeness (QED) is 0.626. The molecule has 0 aliphatic heterocycles. The smallest absolute Gasteiger partial charge is 0.0706 e. The highest BCUT2D eigenvalue weighted by Gasteiger charge is 1.97. The van der Waals surface area contributed by atoms with Gasteiger partial charge in [-0.15, -0.1) is 0 Å². The van der Waals surface area contributed by atoms with Crippen LogP contribution >= 0.6 is 23.2 Å². The van der Waals surface area contributed by atoms with Crippen molar-refractivity contribution >= 4 is 28.8 Å². The molecular formula is C9H8Cl2. The van der Waals surface area contributed by atoms with Crippen molar-refractivity contribution in [2.45, 2.75) is 6.92 Å². The van der Waals surface area contributed by atoms with E-state index in [2.05, 4.69) is 0 Å². The molecule has 0 atom stereocenters. The van der Waals surface area contributed by atoms with E-state index < -0.39 is 0 Å². The van der Waals surface area contributed by atoms with Crippen LogP contribution in [0.1, 0.15) is 12.5 Å². The van der Waals surface area contributed by atoms with Gasteiger partial charge in [0, 0.05) is 0 Å². The van der Waals surface area contributed by atoms with E-state index in [4.69, 9.17) is 23.2 Å². The van der Waals surface area contributed by atoms with E-state index in [-0.39, 0.29) is 0 Å². The highest BCUT2D eigenvalue weighted by molar-refractivity contribution is 6.58. The van der Waals surface area contributed by atoms with Crippen LogP contribution in [0.25, 0.3) is 5.57 Å². The molecule has 0 nitrogen and oxygen atoms in total. The Kier molecular flexibility index (Phi) is 2.98. The van der Waals surface area contributed by atoms with E-state index in [1.54, 1.807) is 0 Å². The van der Waals surface area contributed by atoms with Crippen LogP contribution in [0.4, 0.5) is 0 Å². The Morgan fingerprint density at radius 2 is 1.64 bits per heavy atom. The summed E-state index contributed by atoms with van der Waals surface area (Å²) in [7, 11) is 0. The van der Waals surface area contributed by atoms with Crippen molar-refractivity contribution in [1.82, 2.24) is 0 Å². The maximum Gasteiger partial charge on any atom is 0.110 e. The Bertz CT molecular complexity index is 258. The van der Waals surface area contributed by atoms with E-state index in [0.717, 1.165) is 11.1 Å². The third-order valence-corrected chi connectivity index (χ3v) is 2.06. The Balaban J connectivity index is 3.04. The molecule has 11 heavy (non-hydrogen) atoms. The van der Waals surface area contributed by atoms with Gasteiger partial charge < -0.3 is 0 Å². The Morgan fingerprint density at radius 1 is 1.09 bits per heavy atom. The van der Waals surface area contributed by atoms with Gasteiger partial charge in [-0.2, -0.15) is 0 Å². The first-order chi connectivity index (χ1) is 5.22. The number of hydrogen-bond acceptors (Lipinski definition) is 0. The summed E-state index contributed by atoms with van der Waals surface area (Å²) < 4.78 is 0.330. The van der Waals surface area contributed by atoms with Crippen LogP contribution < -0.4 is 0 Å². The Labute approximate surface area is 76.4 Å². The molecule has 0 fully saturated rings. The first kappa shape index (κ1) is 8.63. The molecule has 0 aliphatic rings. The molecule has 0 saturated carbocycles. The number of halogens is 2. The monoisotopic (exact) mass is 186 g/mol. The summed E-state index contributed by atoms with van der Waals surface area (Å²) in [5.74, 6) is 0. The molecule has 0 bridgehead atoms. The van der Waals surface area contributed by atoms with Gasteiger partial charge in [0.1, 0.15) is 4.49 Å². The summed E-state index contributed by atoms with van der Waals surface area (Å²) in [5, 5.41) is 0. The van der Waals surface area contributed by atoms with Gasteiger partial charge in [0.05, 0.1) is 0 Å². The second-order valence-corrected chi connectivity index (χ2v) is 3.20. The normalized spacial score (nSPS) is 9.36. The van der Waals surface area contributed by atoms with Crippen LogP contribution in [-0.2, 0) is 0 Å². The molecule has 0 heterocycles. The molecule has 58 valence electrons. The minimum absolute atomic E-state index is 0.330. The summed E-state index contributed by atoms with van der Waals surface area (Å²) in [6.07, 6.45) is 0. The molecule has 1 rings (SSSR count). The minimum atomic E-state index is 0.330. The van der Waals surface area contributed by atoms with Crippen molar-refractivity contribution in [2.75, 3.05) is 0 Å². The molecule has 1 aromatic rings. The maximum absolute atomic E-state index is 5.61. The lowest BCUT2D eigenvalue weighted by atomic mass is 10.1. The predicted octanol–water partition coefficient (Wildman–Crippen LogP) is 3.85. The van der Waals surface area contributed by atoms with Crippen molar-refractivity contribution in [2.24, 2.45) is 0 Å². The maximum atomic E-state index is 5.61. The van der Waals surface area contributed by atoms with Crippen LogP contribution in [0.5, 0.6) is 0 Å². The van der Waals surface area contributed by atoms with Crippen LogP contribution in [0.2, 0.25) is 0 Å². The highest BCUT2D eigenvalue weighted by Crippen LogP contribution is 2.22. The lowest BCUT2D eigenvalue weighted by Gasteiger charge is -1.99. The molecule has 0 N–H and O–H groups in total. The van der Waals surface area contributed by atoms with Gasteiger partial charge in [-0.3, -0.25) is 0 Å². The molecule has 0 spiro atoms. The molecule has 0 aromatic heterocycles. The summed E-state index contributed by atoms with van der Waals surface area (Å²) in [6, 6.07) is 9.81. The van der Waals surface area contributed by atoms with E-state index in [1.165, 1.54) is 0 Å². The summed E-state index contributed by atoms with van der Waals surface area (Å²) in [4.78, 5) is 0. The van der Waals surface area contributed by atoms with Gasteiger partial charge in [0.25, 0.3) is 0 Å². The number of rotatable bonds is 1. The highest BCUT2D eigenvalue weighted by atomic mass is 35.5. The van der Waals surface area contributed by atoms with Crippen molar-refractivity contribution in [1.29, 1.82) is 0 Å². The van der Waals surface area contributed by atoms with Crippen molar-refractivity contribution < 1.29 is 0 Å². The fourth-order valence-corrected chi connectivity index (χ4v) is 1.02. The Morgan fingerprint density at radius 3 is 2.09 bits per heavy atom. The Hall–Kier alpha value is -0.460. The first-order valence-electron chi connectivity index (χ1n) is 3.29. The third kappa shape index (κ3) is 2.25. The topological polar surface area (TPSA) is 0 Å². The van der Waals surface area contributed by atoms with Crippen LogP contribution in [0, 0.1) is 0 Å². The van der Waals surface area contributed by atoms with Gasteiger partial charge in [-0.1, -0.05) is 53.5 Å². The van der Waals surface area contributed by atoms with Crippen LogP contribution in [0.15, 0.2) is 34.8 Å². The standard InChI is InChI=1S/C9H8Cl2/c1-7(9(10)11)8-5-3-2-4-6-8/h2-6H,1H3. The van der Waals surface area contributed by atoms with Gasteiger partial charge in [0.2, 0.25) is 0 Å². The SMILES string of the molecule is CC(=C(Cl)Cl)c1ccccc1. The van der Waals surface area contributed by atoms with E-state index >= 15 is 0 Å². The lowest BCUT2D eigenvalue weighted by molar-refractivity contribution is 1.57. The number of benzene rings is 1. The second kappa shape index (κ2) is 3.80. The van der Waals surface area contributed by atoms with Gasteiger partial charge in [-0.05, 0) is 18.1 Å². The van der Waals surface area contributed by atoms with Crippen LogP contribution in [0.3, 0.4) is 0 Å². The molecule has 0 amide bonds. The zero-order valence-corrected chi connectivity index (χ0v) is 7.65. The minimum Gasteiger partial charge on any atom is -0.0706 e. The van der Waals surface area contributed by atoms with Gasteiger partial charge in [-0.25, -0.2) is 0 Å². The lowest BCUT2D eigenvalue weighted by Crippen LogP contribution is -1.77. The molecule has 0 saturated heterocycles. The zero-order valence-electron chi connectivity index (χ0n) is 6.14. The second-order valence-electron chi connectivity index (χ2n) is 2.25. The van der Waals surface area contributed by atoms with E-state index in [9.17, 15) is 0 Å². The van der Waals surface area contributed by atoms with Crippen LogP contribution in [-0.4, -0.2) is 0 Å². The largest absolute Gasteiger partial charge is 0.110 e. The zero-order chi connectivity index (χ0) is 8.27. The summed E-state index contributed by atoms with van der Waals surface area (Å²) in [5.41, 5.74) is 1.97. The molecular weight excluding hydrogens is 179 g/mol. The summed E-state index contributed by atoms with van der Waals surface area (Å²) >= 11 is 11.2. The first-order valence-corrected chi connectivity index (χ1v) is 4.04. The van der Waals surface area contributed by atoms with Gasteiger partial charge >= 0.3 is 0 Å². The van der Waals surface area contributed by atoms with Crippen molar-refractivity contribution in [3.63, 3.8) is 0 Å². The number of allylic oxidation sites excluding steroid dienone is 1. The van der Waals surface area contributed by atoms with E-state index in [0.29, 0.717) is 4.49 Å². The van der Waals surface area contributed by atoms with Gasteiger partial charge in [0.15, 0.2) is 0 Å². The average Bonchev–Trinajstić information content (AvgIpc) is 2.05. The van der Waals surface area contributed by atoms with Crippen molar-refractivity contribution in [3.05, 3.63) is 40.4 Å². The molecule has 2 heteroatoms. The molecule has 1 aromatic carbocycles. The number of hydrogen-bond donors (Lipinski definition) is 0. The van der Waals surface area contributed by atoms with E-state index in [1.807, 2.05) is 37.3 Å².